The third kappa shape index (κ3) is 9.00. The van der Waals surface area contributed by atoms with E-state index in [2.05, 4.69) is 4.89 Å². The van der Waals surface area contributed by atoms with Crippen molar-refractivity contribution in [3.8, 4) is 0 Å². The van der Waals surface area contributed by atoms with Crippen LogP contribution in [0, 0.1) is 0 Å². The minimum Gasteiger partial charge on any atom is -0.659 e. The minimum absolute atomic E-state index is 0. The average molecular weight is 101 g/mol. The zero-order valence-corrected chi connectivity index (χ0v) is 4.29. The normalized spacial score (nSPS) is 5.50. The summed E-state index contributed by atoms with van der Waals surface area (Å²) in [4.78, 5) is 11.2. The van der Waals surface area contributed by atoms with Crippen LogP contribution >= 0.6 is 0 Å². The molecule has 6 heavy (non-hydrogen) atoms. The fourth-order valence-corrected chi connectivity index (χ4v) is 0. The van der Waals surface area contributed by atoms with Crippen molar-refractivity contribution in [2.45, 2.75) is 0 Å². The molecular weight excluding hydrogens is 100 g/mol. The first-order chi connectivity index (χ1) is 2.27. The number of rotatable bonds is 0. The van der Waals surface area contributed by atoms with E-state index < -0.39 is 6.16 Å². The van der Waals surface area contributed by atoms with Crippen LogP contribution in [0.1, 0.15) is 0 Å². The van der Waals surface area contributed by atoms with Crippen LogP contribution in [-0.2, 0) is 4.89 Å². The molecule has 0 spiro atoms. The van der Waals surface area contributed by atoms with Crippen molar-refractivity contribution >= 4 is 29.2 Å². The smallest absolute Gasteiger partial charge is 0.659 e. The van der Waals surface area contributed by atoms with Crippen molar-refractivity contribution in [1.29, 1.82) is 0 Å². The minimum atomic E-state index is -1.80. The number of carbonyl (C=O) groups is 1. The Morgan fingerprint density at radius 2 is 2.00 bits per heavy atom. The van der Waals surface area contributed by atoms with Gasteiger partial charge in [-0.15, -0.1) is 0 Å². The molecule has 0 rings (SSSR count). The molecule has 0 saturated carbocycles. The van der Waals surface area contributed by atoms with E-state index in [-0.39, 0.29) is 23.1 Å². The van der Waals surface area contributed by atoms with Gasteiger partial charge in [0.05, 0.1) is 0 Å². The standard InChI is InChI=1S/CH2O4.Mg/c2-1(3)5-4;/h4H,(H,2,3);/q;+2/p-1. The molecule has 0 heterocycles. The topological polar surface area (TPSA) is 69.6 Å². The second kappa shape index (κ2) is 5.00. The zero-order chi connectivity index (χ0) is 4.28. The van der Waals surface area contributed by atoms with Gasteiger partial charge in [0, 0.05) is 0 Å². The van der Waals surface area contributed by atoms with Gasteiger partial charge in [-0.05, 0) is 0 Å². The Morgan fingerprint density at radius 1 is 1.83 bits per heavy atom. The van der Waals surface area contributed by atoms with Crippen LogP contribution in [-0.4, -0.2) is 34.3 Å². The van der Waals surface area contributed by atoms with E-state index >= 15 is 0 Å². The van der Waals surface area contributed by atoms with Crippen molar-refractivity contribution in [1.82, 2.24) is 0 Å². The first kappa shape index (κ1) is 9.37. The summed E-state index contributed by atoms with van der Waals surface area (Å²) in [6.07, 6.45) is -1.80. The Hall–Kier alpha value is -0.00377. The summed E-state index contributed by atoms with van der Waals surface area (Å²) in [6, 6.07) is 0. The number of carboxylic acid groups (broad SMARTS) is 1. The molecule has 0 saturated heterocycles. The van der Waals surface area contributed by atoms with E-state index in [0.717, 1.165) is 0 Å². The molecule has 0 fully saturated rings. The molecule has 0 aromatic rings. The molecular formula is CHMgO4+. The quantitative estimate of drug-likeness (QED) is 0.231. The van der Waals surface area contributed by atoms with Gasteiger partial charge in [-0.3, -0.25) is 0 Å². The zero-order valence-electron chi connectivity index (χ0n) is 2.88. The number of hydrogen-bond donors (Lipinski definition) is 1. The summed E-state index contributed by atoms with van der Waals surface area (Å²) in [5.74, 6) is 0. The maximum absolute atomic E-state index is 8.83. The van der Waals surface area contributed by atoms with Crippen LogP contribution in [0.25, 0.3) is 0 Å². The van der Waals surface area contributed by atoms with Gasteiger partial charge in [0.1, 0.15) is 0 Å². The Bertz CT molecular complexity index is 42.8. The Labute approximate surface area is 49.8 Å². The predicted molar refractivity (Wildman–Crippen MR) is 14.9 cm³/mol. The molecule has 0 aliphatic rings. The predicted octanol–water partition coefficient (Wildman–Crippen LogP) is -1.42. The van der Waals surface area contributed by atoms with Crippen LogP contribution in [0.5, 0.6) is 0 Å². The molecule has 0 amide bonds. The molecule has 30 valence electrons. The van der Waals surface area contributed by atoms with Gasteiger partial charge in [0.2, 0.25) is 0 Å². The van der Waals surface area contributed by atoms with Crippen molar-refractivity contribution in [2.24, 2.45) is 0 Å². The van der Waals surface area contributed by atoms with E-state index in [1.54, 1.807) is 0 Å². The monoisotopic (exact) mass is 101 g/mol. The first-order valence-corrected chi connectivity index (χ1v) is 0.799. The van der Waals surface area contributed by atoms with Gasteiger partial charge in [-0.25, -0.2) is 4.79 Å². The molecule has 0 bridgehead atoms. The summed E-state index contributed by atoms with van der Waals surface area (Å²) in [6.45, 7) is 0. The van der Waals surface area contributed by atoms with Gasteiger partial charge in [0.25, 0.3) is 0 Å². The third-order valence-corrected chi connectivity index (χ3v) is 0.0713. The summed E-state index contributed by atoms with van der Waals surface area (Å²) in [7, 11) is 0. The van der Waals surface area contributed by atoms with Crippen LogP contribution in [0.3, 0.4) is 0 Å². The second-order valence-electron chi connectivity index (χ2n) is 0.349. The molecule has 0 aliphatic heterocycles. The fraction of sp³-hybridized carbons (Fsp3) is 0. The maximum Gasteiger partial charge on any atom is 2.00 e. The molecule has 0 unspecified atom stereocenters. The molecule has 0 aromatic heterocycles. The van der Waals surface area contributed by atoms with Crippen LogP contribution in [0.2, 0.25) is 0 Å². The maximum atomic E-state index is 8.83. The van der Waals surface area contributed by atoms with Crippen molar-refractivity contribution in [3.05, 3.63) is 0 Å². The first-order valence-electron chi connectivity index (χ1n) is 0.799. The fourth-order valence-electron chi connectivity index (χ4n) is 0. The molecule has 0 atom stereocenters. The Balaban J connectivity index is 0. The van der Waals surface area contributed by atoms with E-state index in [1.165, 1.54) is 0 Å². The SMILES string of the molecule is O=C(O)O[O-].[Mg+2]. The van der Waals surface area contributed by atoms with Crippen molar-refractivity contribution in [3.63, 3.8) is 0 Å². The molecule has 0 radical (unpaired) electrons. The second-order valence-corrected chi connectivity index (χ2v) is 0.349. The molecule has 0 aliphatic carbocycles. The van der Waals surface area contributed by atoms with Gasteiger partial charge < -0.3 is 15.3 Å². The Kier molecular flexibility index (Phi) is 7.80. The summed E-state index contributed by atoms with van der Waals surface area (Å²) >= 11 is 0. The van der Waals surface area contributed by atoms with Crippen molar-refractivity contribution in [2.75, 3.05) is 0 Å². The molecule has 4 nitrogen and oxygen atoms in total. The third-order valence-electron chi connectivity index (χ3n) is 0.0713. The van der Waals surface area contributed by atoms with Gasteiger partial charge >= 0.3 is 29.2 Å². The van der Waals surface area contributed by atoms with E-state index in [1.807, 2.05) is 0 Å². The van der Waals surface area contributed by atoms with Crippen molar-refractivity contribution < 1.29 is 20.0 Å². The van der Waals surface area contributed by atoms with E-state index in [9.17, 15) is 0 Å². The van der Waals surface area contributed by atoms with E-state index in [0.29, 0.717) is 0 Å². The van der Waals surface area contributed by atoms with Crippen LogP contribution < -0.4 is 5.26 Å². The largest absolute Gasteiger partial charge is 2.00 e. The molecule has 5 heteroatoms. The molecule has 1 N–H and O–H groups in total. The summed E-state index contributed by atoms with van der Waals surface area (Å²) in [5, 5.41) is 15.7. The average Bonchev–Trinajstić information content (AvgIpc) is 1.38. The summed E-state index contributed by atoms with van der Waals surface area (Å²) in [5.41, 5.74) is 0. The summed E-state index contributed by atoms with van der Waals surface area (Å²) < 4.78 is 0. The van der Waals surface area contributed by atoms with Gasteiger partial charge in [-0.1, -0.05) is 0 Å². The van der Waals surface area contributed by atoms with Gasteiger partial charge in [-0.2, -0.15) is 0 Å². The van der Waals surface area contributed by atoms with Crippen LogP contribution in [0.4, 0.5) is 4.79 Å². The van der Waals surface area contributed by atoms with Gasteiger partial charge in [0.15, 0.2) is 0 Å². The molecule has 0 aromatic carbocycles. The van der Waals surface area contributed by atoms with Crippen LogP contribution in [0.15, 0.2) is 0 Å². The van der Waals surface area contributed by atoms with E-state index in [4.69, 9.17) is 15.2 Å². The Morgan fingerprint density at radius 3 is 2.00 bits per heavy atom. The number of hydrogen-bond acceptors (Lipinski definition) is 3.